The minimum Gasteiger partial charge on any atom is -0.278 e. The SMILES string of the molecule is CC1(C)c2cc(-c3ccc4ccccc4n3)ccc2N(c2ccccn2)c2nccc(-c3cccc4ccccc34)c21. The minimum absolute atomic E-state index is 0.358. The van der Waals surface area contributed by atoms with Crippen LogP contribution in [0.5, 0.6) is 0 Å². The van der Waals surface area contributed by atoms with Gasteiger partial charge in [-0.1, -0.05) is 92.7 Å². The minimum atomic E-state index is -0.358. The lowest BCUT2D eigenvalue weighted by Gasteiger charge is -2.42. The molecule has 0 bridgehead atoms. The molecular formula is C38H28N4. The van der Waals surface area contributed by atoms with Crippen LogP contribution in [0.1, 0.15) is 25.0 Å². The number of hydrogen-bond acceptors (Lipinski definition) is 4. The van der Waals surface area contributed by atoms with Gasteiger partial charge in [0.25, 0.3) is 0 Å². The molecule has 0 fully saturated rings. The molecule has 4 nitrogen and oxygen atoms in total. The maximum atomic E-state index is 5.03. The van der Waals surface area contributed by atoms with Crippen molar-refractivity contribution in [3.63, 3.8) is 0 Å². The molecule has 8 rings (SSSR count). The average molecular weight is 541 g/mol. The Kier molecular flexibility index (Phi) is 5.44. The lowest BCUT2D eigenvalue weighted by Crippen LogP contribution is -2.32. The van der Waals surface area contributed by atoms with Gasteiger partial charge in [-0.25, -0.2) is 15.0 Å². The van der Waals surface area contributed by atoms with Crippen LogP contribution in [0, 0.1) is 0 Å². The molecule has 4 heteroatoms. The zero-order valence-electron chi connectivity index (χ0n) is 23.5. The summed E-state index contributed by atoms with van der Waals surface area (Å²) < 4.78 is 0. The largest absolute Gasteiger partial charge is 0.278 e. The molecule has 0 N–H and O–H groups in total. The summed E-state index contributed by atoms with van der Waals surface area (Å²) in [6.45, 7) is 4.63. The number of nitrogens with zero attached hydrogens (tertiary/aromatic N) is 4. The first-order chi connectivity index (χ1) is 20.6. The highest BCUT2D eigenvalue weighted by molar-refractivity contribution is 6.00. The van der Waals surface area contributed by atoms with Crippen LogP contribution < -0.4 is 4.90 Å². The molecular weight excluding hydrogens is 512 g/mol. The van der Waals surface area contributed by atoms with Crippen LogP contribution in [0.15, 0.2) is 134 Å². The van der Waals surface area contributed by atoms with Crippen molar-refractivity contribution in [3.05, 3.63) is 145 Å². The first-order valence-corrected chi connectivity index (χ1v) is 14.3. The van der Waals surface area contributed by atoms with Crippen molar-refractivity contribution in [2.24, 2.45) is 0 Å². The predicted octanol–water partition coefficient (Wildman–Crippen LogP) is 9.62. The van der Waals surface area contributed by atoms with Crippen molar-refractivity contribution in [1.29, 1.82) is 0 Å². The second kappa shape index (κ2) is 9.35. The second-order valence-corrected chi connectivity index (χ2v) is 11.4. The Morgan fingerprint density at radius 1 is 0.619 bits per heavy atom. The maximum Gasteiger partial charge on any atom is 0.143 e. The number of pyridine rings is 3. The Bertz CT molecular complexity index is 2130. The summed E-state index contributed by atoms with van der Waals surface area (Å²) in [4.78, 5) is 17.0. The first kappa shape index (κ1) is 24.4. The monoisotopic (exact) mass is 540 g/mol. The maximum absolute atomic E-state index is 5.03. The summed E-state index contributed by atoms with van der Waals surface area (Å²) in [5.41, 5.74) is 8.55. The van der Waals surface area contributed by atoms with Gasteiger partial charge >= 0.3 is 0 Å². The Hall–Kier alpha value is -5.35. The van der Waals surface area contributed by atoms with Crippen LogP contribution in [0.4, 0.5) is 17.3 Å². The predicted molar refractivity (Wildman–Crippen MR) is 173 cm³/mol. The molecule has 200 valence electrons. The van der Waals surface area contributed by atoms with Gasteiger partial charge in [0.05, 0.1) is 16.9 Å². The number of para-hydroxylation sites is 1. The van der Waals surface area contributed by atoms with Crippen molar-refractivity contribution >= 4 is 39.0 Å². The number of hydrogen-bond donors (Lipinski definition) is 0. The first-order valence-electron chi connectivity index (χ1n) is 14.3. The molecule has 1 aliphatic heterocycles. The van der Waals surface area contributed by atoms with Crippen molar-refractivity contribution in [1.82, 2.24) is 15.0 Å². The van der Waals surface area contributed by atoms with E-state index in [0.717, 1.165) is 39.5 Å². The van der Waals surface area contributed by atoms with E-state index < -0.39 is 0 Å². The average Bonchev–Trinajstić information content (AvgIpc) is 3.04. The highest BCUT2D eigenvalue weighted by Gasteiger charge is 2.40. The Morgan fingerprint density at radius 3 is 2.31 bits per heavy atom. The van der Waals surface area contributed by atoms with E-state index in [1.165, 1.54) is 33.0 Å². The van der Waals surface area contributed by atoms with E-state index in [2.05, 4.69) is 122 Å². The second-order valence-electron chi connectivity index (χ2n) is 11.4. The third kappa shape index (κ3) is 3.72. The lowest BCUT2D eigenvalue weighted by atomic mass is 9.71. The summed E-state index contributed by atoms with van der Waals surface area (Å²) >= 11 is 0. The quantitative estimate of drug-likeness (QED) is 0.224. The molecule has 42 heavy (non-hydrogen) atoms. The van der Waals surface area contributed by atoms with Crippen LogP contribution in [0.3, 0.4) is 0 Å². The number of aromatic nitrogens is 3. The molecule has 4 aromatic carbocycles. The van der Waals surface area contributed by atoms with Gasteiger partial charge in [0.2, 0.25) is 0 Å². The number of rotatable bonds is 3. The third-order valence-corrected chi connectivity index (χ3v) is 8.53. The van der Waals surface area contributed by atoms with Gasteiger partial charge < -0.3 is 0 Å². The van der Waals surface area contributed by atoms with Gasteiger partial charge in [-0.2, -0.15) is 0 Å². The smallest absolute Gasteiger partial charge is 0.143 e. The fraction of sp³-hybridized carbons (Fsp3) is 0.0789. The molecule has 1 aliphatic rings. The zero-order valence-corrected chi connectivity index (χ0v) is 23.5. The molecule has 0 saturated carbocycles. The van der Waals surface area contributed by atoms with Gasteiger partial charge in [0.15, 0.2) is 0 Å². The van der Waals surface area contributed by atoms with E-state index in [9.17, 15) is 0 Å². The van der Waals surface area contributed by atoms with Crippen LogP contribution >= 0.6 is 0 Å². The van der Waals surface area contributed by atoms with Crippen molar-refractivity contribution in [2.45, 2.75) is 19.3 Å². The summed E-state index contributed by atoms with van der Waals surface area (Å²) in [5, 5.41) is 3.59. The molecule has 7 aromatic rings. The van der Waals surface area contributed by atoms with E-state index in [1.54, 1.807) is 0 Å². The molecule has 0 radical (unpaired) electrons. The van der Waals surface area contributed by atoms with E-state index >= 15 is 0 Å². The Morgan fingerprint density at radius 2 is 1.43 bits per heavy atom. The summed E-state index contributed by atoms with van der Waals surface area (Å²) in [5.74, 6) is 1.75. The van der Waals surface area contributed by atoms with Crippen molar-refractivity contribution in [3.8, 4) is 22.4 Å². The normalized spacial score (nSPS) is 13.6. The van der Waals surface area contributed by atoms with Gasteiger partial charge in [0, 0.05) is 34.3 Å². The molecule has 3 aromatic heterocycles. The zero-order chi connectivity index (χ0) is 28.3. The molecule has 0 amide bonds. The van der Waals surface area contributed by atoms with E-state index in [-0.39, 0.29) is 5.41 Å². The molecule has 4 heterocycles. The Labute approximate surface area is 245 Å². The molecule has 0 spiro atoms. The standard InChI is InChI=1S/C38H28N4/c1-38(2)31-24-27(33-19-17-26-11-4-6-15-32(26)41-33)18-20-34(31)42(35-16-7-8-22-39-35)37-36(38)30(21-23-40-37)29-14-9-12-25-10-3-5-13-28(25)29/h3-24H,1-2H3. The van der Waals surface area contributed by atoms with Gasteiger partial charge in [0.1, 0.15) is 11.6 Å². The molecule has 0 saturated heterocycles. The third-order valence-electron chi connectivity index (χ3n) is 8.53. The van der Waals surface area contributed by atoms with Gasteiger partial charge in [-0.05, 0) is 69.9 Å². The van der Waals surface area contributed by atoms with E-state index in [4.69, 9.17) is 15.0 Å². The van der Waals surface area contributed by atoms with Gasteiger partial charge in [-0.15, -0.1) is 0 Å². The van der Waals surface area contributed by atoms with E-state index in [1.807, 2.05) is 30.6 Å². The number of benzene rings is 4. The number of anilines is 3. The van der Waals surface area contributed by atoms with E-state index in [0.29, 0.717) is 0 Å². The summed E-state index contributed by atoms with van der Waals surface area (Å²) in [6.07, 6.45) is 3.77. The van der Waals surface area contributed by atoms with Crippen molar-refractivity contribution in [2.75, 3.05) is 4.90 Å². The fourth-order valence-corrected chi connectivity index (χ4v) is 6.51. The summed E-state index contributed by atoms with van der Waals surface area (Å²) in [7, 11) is 0. The Balaban J connectivity index is 1.40. The highest BCUT2D eigenvalue weighted by Crippen LogP contribution is 2.54. The van der Waals surface area contributed by atoms with Crippen LogP contribution in [-0.4, -0.2) is 15.0 Å². The van der Waals surface area contributed by atoms with Gasteiger partial charge in [-0.3, -0.25) is 4.90 Å². The van der Waals surface area contributed by atoms with Crippen molar-refractivity contribution < 1.29 is 0 Å². The van der Waals surface area contributed by atoms with Crippen LogP contribution in [0.2, 0.25) is 0 Å². The van der Waals surface area contributed by atoms with Crippen LogP contribution in [0.25, 0.3) is 44.1 Å². The topological polar surface area (TPSA) is 41.9 Å². The fourth-order valence-electron chi connectivity index (χ4n) is 6.51. The number of fused-ring (bicyclic) bond motifs is 4. The highest BCUT2D eigenvalue weighted by atomic mass is 15.2. The molecule has 0 unspecified atom stereocenters. The van der Waals surface area contributed by atoms with Crippen LogP contribution in [-0.2, 0) is 5.41 Å². The summed E-state index contributed by atoms with van der Waals surface area (Å²) in [6, 6.07) is 42.6. The molecule has 0 atom stereocenters. The molecule has 0 aliphatic carbocycles. The lowest BCUT2D eigenvalue weighted by molar-refractivity contribution is 0.629.